The summed E-state index contributed by atoms with van der Waals surface area (Å²) in [7, 11) is 0. The number of rotatable bonds is 8. The average molecular weight is 410 g/mol. The molecule has 1 aromatic heterocycles. The van der Waals surface area contributed by atoms with Gasteiger partial charge in [-0.2, -0.15) is 20.1 Å². The Bertz CT molecular complexity index is 826. The highest BCUT2D eigenvalue weighted by Crippen LogP contribution is 2.23. The lowest BCUT2D eigenvalue weighted by Gasteiger charge is -2.20. The van der Waals surface area contributed by atoms with Crippen molar-refractivity contribution in [2.75, 3.05) is 41.4 Å². The van der Waals surface area contributed by atoms with E-state index in [0.717, 1.165) is 55.8 Å². The summed E-state index contributed by atoms with van der Waals surface area (Å²) in [4.78, 5) is 18.4. The van der Waals surface area contributed by atoms with Crippen molar-refractivity contribution in [3.63, 3.8) is 0 Å². The minimum absolute atomic E-state index is 0.155. The zero-order chi connectivity index (χ0) is 20.8. The molecule has 0 unspecified atom stereocenters. The van der Waals surface area contributed by atoms with Gasteiger partial charge in [-0.05, 0) is 51.2 Å². The third kappa shape index (κ3) is 4.98. The molecule has 8 heteroatoms. The highest BCUT2D eigenvalue weighted by molar-refractivity contribution is 5.83. The SMILES string of the molecule is CC[C@H](C)Oc1ccccc1/C=N\Nc1nc(N2CCCC2)nc(N2CCCC2)n1. The monoisotopic (exact) mass is 409 g/mol. The van der Waals surface area contributed by atoms with Crippen LogP contribution >= 0.6 is 0 Å². The standard InChI is InChI=1S/C22H31N7O/c1-3-17(2)30-19-11-5-4-10-18(19)16-23-27-20-24-21(28-12-6-7-13-28)26-22(25-20)29-14-8-9-15-29/h4-5,10-11,16-17H,3,6-9,12-15H2,1-2H3,(H,24,25,26,27)/b23-16-/t17-/m0/s1. The predicted octanol–water partition coefficient (Wildman–Crippen LogP) is 3.70. The van der Waals surface area contributed by atoms with Gasteiger partial charge in [-0.15, -0.1) is 0 Å². The summed E-state index contributed by atoms with van der Waals surface area (Å²) >= 11 is 0. The molecule has 1 atom stereocenters. The van der Waals surface area contributed by atoms with E-state index in [2.05, 4.69) is 44.1 Å². The van der Waals surface area contributed by atoms with Gasteiger partial charge in [0.2, 0.25) is 17.8 Å². The van der Waals surface area contributed by atoms with Gasteiger partial charge in [-0.25, -0.2) is 5.43 Å². The first kappa shape index (κ1) is 20.4. The van der Waals surface area contributed by atoms with Crippen LogP contribution in [0.4, 0.5) is 17.8 Å². The zero-order valence-electron chi connectivity index (χ0n) is 17.9. The molecule has 160 valence electrons. The maximum atomic E-state index is 6.00. The molecular weight excluding hydrogens is 378 g/mol. The summed E-state index contributed by atoms with van der Waals surface area (Å²) in [5.74, 6) is 2.78. The fourth-order valence-electron chi connectivity index (χ4n) is 3.68. The maximum Gasteiger partial charge on any atom is 0.250 e. The van der Waals surface area contributed by atoms with E-state index in [0.29, 0.717) is 5.95 Å². The second-order valence-corrected chi connectivity index (χ2v) is 7.89. The smallest absolute Gasteiger partial charge is 0.250 e. The summed E-state index contributed by atoms with van der Waals surface area (Å²) in [5, 5.41) is 4.40. The van der Waals surface area contributed by atoms with E-state index < -0.39 is 0 Å². The normalized spacial score (nSPS) is 17.7. The lowest BCUT2D eigenvalue weighted by molar-refractivity contribution is 0.217. The van der Waals surface area contributed by atoms with Gasteiger partial charge in [0, 0.05) is 31.7 Å². The molecule has 0 amide bonds. The van der Waals surface area contributed by atoms with Crippen LogP contribution in [0.15, 0.2) is 29.4 Å². The highest BCUT2D eigenvalue weighted by Gasteiger charge is 2.21. The number of nitrogens with zero attached hydrogens (tertiary/aromatic N) is 6. The summed E-state index contributed by atoms with van der Waals surface area (Å²) in [6, 6.07) is 7.90. The first-order valence-electron chi connectivity index (χ1n) is 11.0. The molecule has 1 N–H and O–H groups in total. The Morgan fingerprint density at radius 1 is 1.00 bits per heavy atom. The molecule has 1 aromatic carbocycles. The summed E-state index contributed by atoms with van der Waals surface area (Å²) in [5.41, 5.74) is 3.93. The lowest BCUT2D eigenvalue weighted by Crippen LogP contribution is -2.25. The Labute approximate surface area is 178 Å². The molecule has 3 heterocycles. The first-order chi connectivity index (χ1) is 14.7. The zero-order valence-corrected chi connectivity index (χ0v) is 17.9. The number of hydrazone groups is 1. The Balaban J connectivity index is 1.52. The first-order valence-corrected chi connectivity index (χ1v) is 11.0. The van der Waals surface area contributed by atoms with Gasteiger partial charge in [0.05, 0.1) is 12.3 Å². The van der Waals surface area contributed by atoms with Crippen LogP contribution < -0.4 is 20.0 Å². The molecule has 2 aromatic rings. The van der Waals surface area contributed by atoms with Crippen molar-refractivity contribution in [2.24, 2.45) is 5.10 Å². The van der Waals surface area contributed by atoms with Crippen LogP contribution in [0.25, 0.3) is 0 Å². The van der Waals surface area contributed by atoms with Crippen LogP contribution in [0.1, 0.15) is 51.5 Å². The Kier molecular flexibility index (Phi) is 6.61. The summed E-state index contributed by atoms with van der Waals surface area (Å²) in [6.45, 7) is 8.15. The molecule has 2 aliphatic rings. The van der Waals surface area contributed by atoms with Crippen LogP contribution in [-0.4, -0.2) is 53.4 Å². The maximum absolute atomic E-state index is 6.00. The van der Waals surface area contributed by atoms with Crippen LogP contribution in [0, 0.1) is 0 Å². The van der Waals surface area contributed by atoms with Gasteiger partial charge in [-0.3, -0.25) is 0 Å². The largest absolute Gasteiger partial charge is 0.490 e. The molecule has 30 heavy (non-hydrogen) atoms. The van der Waals surface area contributed by atoms with Crippen molar-refractivity contribution in [3.05, 3.63) is 29.8 Å². The second-order valence-electron chi connectivity index (χ2n) is 7.89. The van der Waals surface area contributed by atoms with Crippen molar-refractivity contribution < 1.29 is 4.74 Å². The van der Waals surface area contributed by atoms with Crippen molar-refractivity contribution in [3.8, 4) is 5.75 Å². The second kappa shape index (κ2) is 9.73. The van der Waals surface area contributed by atoms with Crippen molar-refractivity contribution in [1.29, 1.82) is 0 Å². The Hall–Kier alpha value is -2.90. The van der Waals surface area contributed by atoms with Gasteiger partial charge in [0.1, 0.15) is 5.75 Å². The number of hydrogen-bond donors (Lipinski definition) is 1. The third-order valence-corrected chi connectivity index (χ3v) is 5.58. The van der Waals surface area contributed by atoms with Crippen LogP contribution in [-0.2, 0) is 0 Å². The highest BCUT2D eigenvalue weighted by atomic mass is 16.5. The van der Waals surface area contributed by atoms with Gasteiger partial charge >= 0.3 is 0 Å². The van der Waals surface area contributed by atoms with E-state index in [1.165, 1.54) is 25.7 Å². The number of nitrogens with one attached hydrogen (secondary N) is 1. The van der Waals surface area contributed by atoms with E-state index >= 15 is 0 Å². The third-order valence-electron chi connectivity index (χ3n) is 5.58. The fourth-order valence-corrected chi connectivity index (χ4v) is 3.68. The lowest BCUT2D eigenvalue weighted by atomic mass is 10.2. The molecule has 2 aliphatic heterocycles. The minimum Gasteiger partial charge on any atom is -0.490 e. The number of para-hydroxylation sites is 1. The van der Waals surface area contributed by atoms with E-state index in [4.69, 9.17) is 9.72 Å². The van der Waals surface area contributed by atoms with Gasteiger partial charge < -0.3 is 14.5 Å². The van der Waals surface area contributed by atoms with Crippen molar-refractivity contribution in [1.82, 2.24) is 15.0 Å². The summed E-state index contributed by atoms with van der Waals surface area (Å²) in [6.07, 6.45) is 7.58. The van der Waals surface area contributed by atoms with Crippen molar-refractivity contribution in [2.45, 2.75) is 52.1 Å². The van der Waals surface area contributed by atoms with Gasteiger partial charge in [0.25, 0.3) is 0 Å². The number of ether oxygens (including phenoxy) is 1. The molecule has 0 saturated carbocycles. The molecule has 0 bridgehead atoms. The molecule has 4 rings (SSSR count). The van der Waals surface area contributed by atoms with E-state index in [1.54, 1.807) is 6.21 Å². The van der Waals surface area contributed by atoms with E-state index in [9.17, 15) is 0 Å². The molecule has 0 radical (unpaired) electrons. The van der Waals surface area contributed by atoms with Gasteiger partial charge in [-0.1, -0.05) is 19.1 Å². The molecule has 0 spiro atoms. The molecular formula is C22H31N7O. The quantitative estimate of drug-likeness (QED) is 0.526. The van der Waals surface area contributed by atoms with Crippen LogP contribution in [0.3, 0.4) is 0 Å². The van der Waals surface area contributed by atoms with E-state index in [1.807, 2.05) is 24.3 Å². The predicted molar refractivity (Wildman–Crippen MR) is 121 cm³/mol. The number of benzene rings is 1. The van der Waals surface area contributed by atoms with Crippen molar-refractivity contribution >= 4 is 24.1 Å². The Morgan fingerprint density at radius 3 is 2.20 bits per heavy atom. The van der Waals surface area contributed by atoms with Crippen LogP contribution in [0.2, 0.25) is 0 Å². The molecule has 8 nitrogen and oxygen atoms in total. The topological polar surface area (TPSA) is 78.8 Å². The number of anilines is 3. The van der Waals surface area contributed by atoms with Gasteiger partial charge in [0.15, 0.2) is 0 Å². The fraction of sp³-hybridized carbons (Fsp3) is 0.545. The molecule has 2 fully saturated rings. The van der Waals surface area contributed by atoms with Crippen LogP contribution in [0.5, 0.6) is 5.75 Å². The Morgan fingerprint density at radius 2 is 1.60 bits per heavy atom. The molecule has 2 saturated heterocycles. The number of aromatic nitrogens is 3. The summed E-state index contributed by atoms with van der Waals surface area (Å²) < 4.78 is 6.00. The minimum atomic E-state index is 0.155. The molecule has 0 aliphatic carbocycles. The average Bonchev–Trinajstić information content (AvgIpc) is 3.49. The number of hydrogen-bond acceptors (Lipinski definition) is 8. The van der Waals surface area contributed by atoms with E-state index in [-0.39, 0.29) is 6.10 Å².